The number of allylic oxidation sites excluding steroid dienone is 4. The maximum Gasteiger partial charge on any atom is 0.316 e. The monoisotopic (exact) mass is 542 g/mol. The van der Waals surface area contributed by atoms with Crippen LogP contribution in [0.5, 0.6) is 0 Å². The number of esters is 1. The van der Waals surface area contributed by atoms with E-state index in [0.29, 0.717) is 35.8 Å². The maximum atomic E-state index is 13.9. The summed E-state index contributed by atoms with van der Waals surface area (Å²) in [7, 11) is 0. The van der Waals surface area contributed by atoms with Gasteiger partial charge in [0.05, 0.1) is 18.8 Å². The molecule has 1 spiro atoms. The van der Waals surface area contributed by atoms with Gasteiger partial charge in [-0.2, -0.15) is 0 Å². The molecule has 3 fully saturated rings. The topological polar surface area (TPSA) is 94.5 Å². The number of ether oxygens (including phenoxy) is 4. The van der Waals surface area contributed by atoms with Crippen LogP contribution in [0.2, 0.25) is 0 Å². The van der Waals surface area contributed by atoms with Gasteiger partial charge >= 0.3 is 5.97 Å². The van der Waals surface area contributed by atoms with Crippen molar-refractivity contribution in [3.63, 3.8) is 0 Å². The first-order valence-corrected chi connectivity index (χ1v) is 14.8. The minimum atomic E-state index is -1.68. The molecule has 0 saturated carbocycles. The Balaban J connectivity index is 1.51. The molecule has 5 rings (SSSR count). The molecule has 0 radical (unpaired) electrons. The van der Waals surface area contributed by atoms with Gasteiger partial charge in [-0.25, -0.2) is 0 Å². The van der Waals surface area contributed by atoms with Crippen molar-refractivity contribution < 1.29 is 34.0 Å². The Hall–Kier alpha value is -1.77. The number of fused-ring (bicyclic) bond motifs is 2. The fourth-order valence-electron chi connectivity index (χ4n) is 7.23. The van der Waals surface area contributed by atoms with Crippen molar-refractivity contribution in [1.29, 1.82) is 0 Å². The zero-order valence-corrected chi connectivity index (χ0v) is 24.1. The highest BCUT2D eigenvalue weighted by Crippen LogP contribution is 2.47. The standard InChI is InChI=1S/C32H46O7/c1-6-27-21(4)12-13-31(39-27)17-25-16-24(38-31)11-10-20(3)14-19(2)8-7-9-23-18-36-29-28(33)22(5)15-26(30(34)37-25)32(23,29)35/h7-10,15,19,21,24-29,33,35H,6,11-14,16-18H2,1-5H3/b8-7+,20-10?,23-9+/t19-,21-,24+,25-,26-,27+,28+,29+,31+,32+/m0/s1. The van der Waals surface area contributed by atoms with Crippen LogP contribution >= 0.6 is 0 Å². The third kappa shape index (κ3) is 5.58. The highest BCUT2D eigenvalue weighted by molar-refractivity contribution is 5.78. The third-order valence-electron chi connectivity index (χ3n) is 9.50. The first-order chi connectivity index (χ1) is 18.5. The molecule has 39 heavy (non-hydrogen) atoms. The van der Waals surface area contributed by atoms with Crippen molar-refractivity contribution in [3.8, 4) is 0 Å². The zero-order chi connectivity index (χ0) is 27.9. The average Bonchev–Trinajstić information content (AvgIpc) is 3.23. The van der Waals surface area contributed by atoms with Crippen LogP contribution in [0, 0.1) is 17.8 Å². The second kappa shape index (κ2) is 11.2. The molecule has 0 aromatic rings. The van der Waals surface area contributed by atoms with Gasteiger partial charge in [0.2, 0.25) is 0 Å². The number of rotatable bonds is 1. The minimum absolute atomic E-state index is 0.104. The van der Waals surface area contributed by atoms with Crippen molar-refractivity contribution in [1.82, 2.24) is 0 Å². The Bertz CT molecular complexity index is 1060. The smallest absolute Gasteiger partial charge is 0.316 e. The number of hydrogen-bond acceptors (Lipinski definition) is 7. The van der Waals surface area contributed by atoms with Crippen LogP contribution in [0.25, 0.3) is 0 Å². The van der Waals surface area contributed by atoms with Crippen LogP contribution in [0.3, 0.4) is 0 Å². The maximum absolute atomic E-state index is 13.9. The van der Waals surface area contributed by atoms with Crippen molar-refractivity contribution in [2.24, 2.45) is 17.8 Å². The van der Waals surface area contributed by atoms with Gasteiger partial charge in [-0.05, 0) is 62.5 Å². The molecule has 0 amide bonds. The van der Waals surface area contributed by atoms with E-state index in [1.54, 1.807) is 13.0 Å². The van der Waals surface area contributed by atoms with Crippen LogP contribution in [0.15, 0.2) is 47.1 Å². The highest BCUT2D eigenvalue weighted by Gasteiger charge is 2.60. The van der Waals surface area contributed by atoms with Gasteiger partial charge in [0, 0.05) is 19.3 Å². The Morgan fingerprint density at radius 2 is 1.95 bits per heavy atom. The first-order valence-electron chi connectivity index (χ1n) is 14.8. The number of hydrogen-bond donors (Lipinski definition) is 2. The molecule has 2 bridgehead atoms. The Kier molecular flexibility index (Phi) is 8.29. The van der Waals surface area contributed by atoms with E-state index in [1.165, 1.54) is 5.57 Å². The van der Waals surface area contributed by atoms with Gasteiger partial charge < -0.3 is 29.2 Å². The minimum Gasteiger partial charge on any atom is -0.462 e. The number of carbonyl (C=O) groups excluding carboxylic acids is 1. The molecule has 0 aromatic heterocycles. The number of aliphatic hydroxyl groups is 2. The summed E-state index contributed by atoms with van der Waals surface area (Å²) < 4.78 is 25.4. The second-order valence-corrected chi connectivity index (χ2v) is 12.7. The summed E-state index contributed by atoms with van der Waals surface area (Å²) in [5, 5.41) is 22.9. The SMILES string of the molecule is CC[C@H]1O[C@]2(CC[C@@H]1C)C[C@@H]1C[C@@H](CC=C(C)C[C@@H](C)/C=C/C=C3\CO[C@@H]4[C@H](O)C(C)=C[C@@H](C(=O)O1)[C@]34O)O2. The van der Waals surface area contributed by atoms with Gasteiger partial charge in [-0.1, -0.05) is 56.7 Å². The first kappa shape index (κ1) is 28.7. The average molecular weight is 543 g/mol. The Morgan fingerprint density at radius 3 is 2.72 bits per heavy atom. The van der Waals surface area contributed by atoms with E-state index in [2.05, 4.69) is 39.8 Å². The molecule has 7 nitrogen and oxygen atoms in total. The van der Waals surface area contributed by atoms with E-state index in [1.807, 2.05) is 12.2 Å². The predicted octanol–water partition coefficient (Wildman–Crippen LogP) is 4.92. The molecular formula is C32H46O7. The molecule has 1 aliphatic carbocycles. The molecule has 216 valence electrons. The summed E-state index contributed by atoms with van der Waals surface area (Å²) >= 11 is 0. The van der Waals surface area contributed by atoms with Crippen LogP contribution in [0.1, 0.15) is 79.6 Å². The lowest BCUT2D eigenvalue weighted by atomic mass is 9.71. The van der Waals surface area contributed by atoms with E-state index >= 15 is 0 Å². The summed E-state index contributed by atoms with van der Waals surface area (Å²) in [4.78, 5) is 13.9. The molecule has 3 saturated heterocycles. The highest BCUT2D eigenvalue weighted by atomic mass is 16.7. The predicted molar refractivity (Wildman–Crippen MR) is 148 cm³/mol. The van der Waals surface area contributed by atoms with E-state index in [4.69, 9.17) is 18.9 Å². The molecule has 2 N–H and O–H groups in total. The fourth-order valence-corrected chi connectivity index (χ4v) is 7.23. The van der Waals surface area contributed by atoms with Crippen LogP contribution in [0.4, 0.5) is 0 Å². The van der Waals surface area contributed by atoms with Crippen LogP contribution in [-0.4, -0.2) is 64.7 Å². The molecule has 4 aliphatic heterocycles. The molecule has 10 atom stereocenters. The van der Waals surface area contributed by atoms with Crippen LogP contribution < -0.4 is 0 Å². The molecule has 0 unspecified atom stereocenters. The van der Waals surface area contributed by atoms with Crippen molar-refractivity contribution in [3.05, 3.63) is 47.1 Å². The lowest BCUT2D eigenvalue weighted by Crippen LogP contribution is -2.58. The van der Waals surface area contributed by atoms with Crippen molar-refractivity contribution in [2.45, 2.75) is 121 Å². The number of carbonyl (C=O) groups is 1. The van der Waals surface area contributed by atoms with Crippen LogP contribution in [-0.2, 0) is 23.7 Å². The largest absolute Gasteiger partial charge is 0.462 e. The van der Waals surface area contributed by atoms with E-state index in [9.17, 15) is 15.0 Å². The van der Waals surface area contributed by atoms with Crippen molar-refractivity contribution in [2.75, 3.05) is 6.61 Å². The molecule has 7 heteroatoms. The molecule has 5 aliphatic rings. The summed E-state index contributed by atoms with van der Waals surface area (Å²) in [6, 6.07) is 0. The zero-order valence-electron chi connectivity index (χ0n) is 24.1. The van der Waals surface area contributed by atoms with Crippen molar-refractivity contribution >= 4 is 5.97 Å². The summed E-state index contributed by atoms with van der Waals surface area (Å²) in [6.07, 6.45) is 12.8. The Morgan fingerprint density at radius 1 is 1.15 bits per heavy atom. The van der Waals surface area contributed by atoms with Gasteiger partial charge in [0.15, 0.2) is 5.79 Å². The summed E-state index contributed by atoms with van der Waals surface area (Å²) in [5.74, 6) is -1.52. The molecule has 4 heterocycles. The quantitative estimate of drug-likeness (QED) is 0.359. The van der Waals surface area contributed by atoms with Gasteiger partial charge in [-0.15, -0.1) is 0 Å². The van der Waals surface area contributed by atoms with Gasteiger partial charge in [0.1, 0.15) is 29.8 Å². The summed E-state index contributed by atoms with van der Waals surface area (Å²) in [6.45, 7) is 10.6. The lowest BCUT2D eigenvalue weighted by molar-refractivity contribution is -0.335. The van der Waals surface area contributed by atoms with Gasteiger partial charge in [0.25, 0.3) is 0 Å². The molecular weight excluding hydrogens is 496 g/mol. The number of aliphatic hydroxyl groups excluding tert-OH is 1. The third-order valence-corrected chi connectivity index (χ3v) is 9.50. The van der Waals surface area contributed by atoms with E-state index in [-0.39, 0.29) is 18.8 Å². The fraction of sp³-hybridized carbons (Fsp3) is 0.719. The summed E-state index contributed by atoms with van der Waals surface area (Å²) in [5.41, 5.74) is 0.788. The van der Waals surface area contributed by atoms with E-state index in [0.717, 1.165) is 32.1 Å². The van der Waals surface area contributed by atoms with Gasteiger partial charge in [-0.3, -0.25) is 4.79 Å². The Labute approximate surface area is 232 Å². The normalized spacial score (nSPS) is 47.4. The molecule has 0 aromatic carbocycles. The second-order valence-electron chi connectivity index (χ2n) is 12.7. The van der Waals surface area contributed by atoms with E-state index < -0.39 is 41.6 Å². The lowest BCUT2D eigenvalue weighted by Gasteiger charge is -2.50.